The van der Waals surface area contributed by atoms with Crippen molar-refractivity contribution in [1.29, 1.82) is 0 Å². The van der Waals surface area contributed by atoms with Gasteiger partial charge in [-0.3, -0.25) is 4.55 Å². The zero-order valence-electron chi connectivity index (χ0n) is 5.66. The summed E-state index contributed by atoms with van der Waals surface area (Å²) in [6, 6.07) is 0. The molecule has 0 heterocycles. The highest BCUT2D eigenvalue weighted by molar-refractivity contribution is 7.85. The zero-order valence-corrected chi connectivity index (χ0v) is 6.47. The molecule has 0 amide bonds. The Balaban J connectivity index is 3.29. The number of allylic oxidation sites excluding steroid dienone is 1. The lowest BCUT2D eigenvalue weighted by Gasteiger charge is -1.93. The summed E-state index contributed by atoms with van der Waals surface area (Å²) in [5.74, 6) is -0.263. The largest absolute Gasteiger partial charge is 0.286 e. The van der Waals surface area contributed by atoms with E-state index in [9.17, 15) is 8.42 Å². The van der Waals surface area contributed by atoms with Crippen LogP contribution in [0.3, 0.4) is 0 Å². The van der Waals surface area contributed by atoms with Crippen LogP contribution in [-0.2, 0) is 10.1 Å². The van der Waals surface area contributed by atoms with Gasteiger partial charge in [-0.05, 0) is 19.3 Å². The van der Waals surface area contributed by atoms with Crippen LogP contribution >= 0.6 is 0 Å². The number of unbranched alkanes of at least 4 members (excludes halogenated alkanes) is 2. The highest BCUT2D eigenvalue weighted by Crippen LogP contribution is 1.96. The molecular weight excluding hydrogens is 152 g/mol. The molecule has 0 aromatic rings. The van der Waals surface area contributed by atoms with E-state index < -0.39 is 10.1 Å². The smallest absolute Gasteiger partial charge is 0.265 e. The van der Waals surface area contributed by atoms with Gasteiger partial charge in [-0.25, -0.2) is 0 Å². The van der Waals surface area contributed by atoms with E-state index in [4.69, 9.17) is 4.55 Å². The summed E-state index contributed by atoms with van der Waals surface area (Å²) in [5, 5.41) is 0. The Morgan fingerprint density at radius 1 is 1.40 bits per heavy atom. The van der Waals surface area contributed by atoms with E-state index in [0.29, 0.717) is 6.42 Å². The summed E-state index contributed by atoms with van der Waals surface area (Å²) in [4.78, 5) is 0. The number of hydrogen-bond donors (Lipinski definition) is 1. The van der Waals surface area contributed by atoms with Gasteiger partial charge >= 0.3 is 0 Å². The quantitative estimate of drug-likeness (QED) is 0.374. The third-order valence-corrected chi connectivity index (χ3v) is 1.56. The van der Waals surface area contributed by atoms with Crippen LogP contribution in [0.1, 0.15) is 12.8 Å². The van der Waals surface area contributed by atoms with Crippen LogP contribution in [0.15, 0.2) is 12.7 Å². The van der Waals surface area contributed by atoms with Crippen LogP contribution in [0, 0.1) is 6.42 Å². The molecule has 0 aromatic carbocycles. The van der Waals surface area contributed by atoms with Crippen LogP contribution in [0.2, 0.25) is 0 Å². The first-order valence-corrected chi connectivity index (χ1v) is 4.55. The lowest BCUT2D eigenvalue weighted by atomic mass is 10.2. The molecule has 1 radical (unpaired) electrons. The molecule has 0 atom stereocenters. The normalized spacial score (nSPS) is 11.3. The summed E-state index contributed by atoms with van der Waals surface area (Å²) in [5.41, 5.74) is 0. The highest BCUT2D eigenvalue weighted by atomic mass is 32.2. The van der Waals surface area contributed by atoms with Crippen LogP contribution in [0.25, 0.3) is 0 Å². The Morgan fingerprint density at radius 2 is 2.00 bits per heavy atom. The van der Waals surface area contributed by atoms with E-state index in [2.05, 4.69) is 6.58 Å². The summed E-state index contributed by atoms with van der Waals surface area (Å²) in [7, 11) is -3.79. The van der Waals surface area contributed by atoms with Crippen molar-refractivity contribution in [3.8, 4) is 0 Å². The van der Waals surface area contributed by atoms with E-state index in [1.807, 2.05) is 0 Å². The minimum Gasteiger partial charge on any atom is -0.286 e. The molecule has 0 fully saturated rings. The fraction of sp³-hybridized carbons (Fsp3) is 0.500. The standard InChI is InChI=1S/C6H11O3S/c1-2-3-4-5-6-10(7,8)9/h2,5H,1,3-4,6H2,(H,7,8,9). The van der Waals surface area contributed by atoms with Crippen molar-refractivity contribution in [2.24, 2.45) is 0 Å². The molecular formula is C6H11O3S. The van der Waals surface area contributed by atoms with Crippen LogP contribution in [0.5, 0.6) is 0 Å². The second-order valence-electron chi connectivity index (χ2n) is 1.90. The van der Waals surface area contributed by atoms with Gasteiger partial charge in [-0.1, -0.05) is 6.08 Å². The van der Waals surface area contributed by atoms with Crippen molar-refractivity contribution in [3.05, 3.63) is 19.1 Å². The third kappa shape index (κ3) is 7.65. The molecule has 0 rings (SSSR count). The molecule has 0 bridgehead atoms. The number of rotatable bonds is 5. The fourth-order valence-electron chi connectivity index (χ4n) is 0.468. The van der Waals surface area contributed by atoms with E-state index in [1.165, 1.54) is 6.42 Å². The lowest BCUT2D eigenvalue weighted by Crippen LogP contribution is -2.03. The van der Waals surface area contributed by atoms with Crippen molar-refractivity contribution in [2.45, 2.75) is 12.8 Å². The van der Waals surface area contributed by atoms with Crippen molar-refractivity contribution in [3.63, 3.8) is 0 Å². The molecule has 3 nitrogen and oxygen atoms in total. The molecule has 0 aromatic heterocycles. The Bertz CT molecular complexity index is 181. The molecule has 0 aliphatic heterocycles. The summed E-state index contributed by atoms with van der Waals surface area (Å²) in [6.45, 7) is 3.46. The first-order chi connectivity index (χ1) is 4.56. The van der Waals surface area contributed by atoms with Crippen LogP contribution in [0.4, 0.5) is 0 Å². The Labute approximate surface area is 61.5 Å². The molecule has 0 spiro atoms. The van der Waals surface area contributed by atoms with Gasteiger partial charge in [-0.2, -0.15) is 8.42 Å². The molecule has 1 N–H and O–H groups in total. The van der Waals surface area contributed by atoms with E-state index in [-0.39, 0.29) is 5.75 Å². The topological polar surface area (TPSA) is 54.4 Å². The predicted octanol–water partition coefficient (Wildman–Crippen LogP) is 1.04. The van der Waals surface area contributed by atoms with Gasteiger partial charge in [0.15, 0.2) is 0 Å². The summed E-state index contributed by atoms with van der Waals surface area (Å²) < 4.78 is 28.4. The van der Waals surface area contributed by atoms with E-state index >= 15 is 0 Å². The second-order valence-corrected chi connectivity index (χ2v) is 3.40. The Morgan fingerprint density at radius 3 is 2.40 bits per heavy atom. The maximum absolute atomic E-state index is 10.1. The van der Waals surface area contributed by atoms with Gasteiger partial charge in [0.1, 0.15) is 0 Å². The molecule has 4 heteroatoms. The summed E-state index contributed by atoms with van der Waals surface area (Å²) >= 11 is 0. The lowest BCUT2D eigenvalue weighted by molar-refractivity contribution is 0.485. The van der Waals surface area contributed by atoms with Crippen molar-refractivity contribution in [2.75, 3.05) is 5.75 Å². The van der Waals surface area contributed by atoms with Gasteiger partial charge in [-0.15, -0.1) is 6.58 Å². The SMILES string of the molecule is C=CCC[CH]CS(=O)(=O)O. The second kappa shape index (κ2) is 4.46. The van der Waals surface area contributed by atoms with Crippen molar-refractivity contribution >= 4 is 10.1 Å². The molecule has 0 saturated carbocycles. The minimum atomic E-state index is -3.79. The predicted molar refractivity (Wildman–Crippen MR) is 40.1 cm³/mol. The van der Waals surface area contributed by atoms with Crippen molar-refractivity contribution in [1.82, 2.24) is 0 Å². The summed E-state index contributed by atoms with van der Waals surface area (Å²) in [6.07, 6.45) is 4.59. The first-order valence-electron chi connectivity index (χ1n) is 2.94. The van der Waals surface area contributed by atoms with E-state index in [1.54, 1.807) is 6.08 Å². The Kier molecular flexibility index (Phi) is 4.31. The van der Waals surface area contributed by atoms with Gasteiger partial charge in [0.25, 0.3) is 10.1 Å². The molecule has 0 aliphatic carbocycles. The van der Waals surface area contributed by atoms with Crippen LogP contribution in [-0.4, -0.2) is 18.7 Å². The molecule has 0 unspecified atom stereocenters. The van der Waals surface area contributed by atoms with Gasteiger partial charge in [0.2, 0.25) is 0 Å². The van der Waals surface area contributed by atoms with Gasteiger partial charge in [0.05, 0.1) is 5.75 Å². The molecule has 59 valence electrons. The van der Waals surface area contributed by atoms with Crippen molar-refractivity contribution < 1.29 is 13.0 Å². The van der Waals surface area contributed by atoms with Gasteiger partial charge < -0.3 is 0 Å². The maximum atomic E-state index is 10.1. The maximum Gasteiger partial charge on any atom is 0.265 e. The fourth-order valence-corrected chi connectivity index (χ4v) is 0.932. The third-order valence-electron chi connectivity index (χ3n) is 0.903. The highest BCUT2D eigenvalue weighted by Gasteiger charge is 2.01. The zero-order chi connectivity index (χ0) is 8.04. The van der Waals surface area contributed by atoms with Crippen LogP contribution < -0.4 is 0 Å². The van der Waals surface area contributed by atoms with E-state index in [0.717, 1.165) is 6.42 Å². The van der Waals surface area contributed by atoms with Gasteiger partial charge in [0, 0.05) is 0 Å². The number of hydrogen-bond acceptors (Lipinski definition) is 2. The molecule has 10 heavy (non-hydrogen) atoms. The average Bonchev–Trinajstić information content (AvgIpc) is 1.78. The minimum absolute atomic E-state index is 0.263. The Hall–Kier alpha value is -0.350. The molecule has 0 saturated heterocycles. The monoisotopic (exact) mass is 163 g/mol. The first kappa shape index (κ1) is 9.65. The average molecular weight is 163 g/mol. The molecule has 0 aliphatic rings.